The Balaban J connectivity index is 1.57. The van der Waals surface area contributed by atoms with Crippen molar-refractivity contribution in [2.24, 2.45) is 28.6 Å². The molecule has 0 heterocycles. The molecule has 0 aromatic rings. The molecule has 3 fully saturated rings. The number of allylic oxidation sites excluding steroid dienone is 2. The van der Waals surface area contributed by atoms with Gasteiger partial charge in [0.1, 0.15) is 0 Å². The van der Waals surface area contributed by atoms with E-state index in [0.29, 0.717) is 23.0 Å². The van der Waals surface area contributed by atoms with Gasteiger partial charge in [0.15, 0.2) is 0 Å². The topological polar surface area (TPSA) is 9.23 Å². The maximum absolute atomic E-state index is 6.18. The summed E-state index contributed by atoms with van der Waals surface area (Å²) in [7, 11) is 0. The summed E-state index contributed by atoms with van der Waals surface area (Å²) >= 11 is 0. The van der Waals surface area contributed by atoms with Crippen molar-refractivity contribution < 1.29 is 4.74 Å². The molecule has 3 saturated carbocycles. The van der Waals surface area contributed by atoms with Crippen LogP contribution in [0.4, 0.5) is 0 Å². The maximum atomic E-state index is 6.18. The molecule has 0 aromatic heterocycles. The number of rotatable bonds is 2. The lowest BCUT2D eigenvalue weighted by molar-refractivity contribution is -0.0734. The van der Waals surface area contributed by atoms with E-state index >= 15 is 0 Å². The highest BCUT2D eigenvalue weighted by Crippen LogP contribution is 2.64. The van der Waals surface area contributed by atoms with Gasteiger partial charge in [0.25, 0.3) is 0 Å². The molecule has 25 heavy (non-hydrogen) atoms. The van der Waals surface area contributed by atoms with Crippen LogP contribution in [0, 0.1) is 28.6 Å². The Morgan fingerprint density at radius 2 is 1.92 bits per heavy atom. The second-order valence-corrected chi connectivity index (χ2v) is 10.5. The van der Waals surface area contributed by atoms with Crippen molar-refractivity contribution in [3.8, 4) is 0 Å². The van der Waals surface area contributed by atoms with E-state index in [4.69, 9.17) is 4.74 Å². The largest absolute Gasteiger partial charge is 0.375 e. The molecule has 4 rings (SSSR count). The molecule has 0 saturated heterocycles. The summed E-state index contributed by atoms with van der Waals surface area (Å²) in [6, 6.07) is 0. The van der Waals surface area contributed by atoms with Crippen LogP contribution >= 0.6 is 0 Å². The first-order valence-electron chi connectivity index (χ1n) is 10.8. The van der Waals surface area contributed by atoms with Crippen molar-refractivity contribution in [2.45, 2.75) is 97.7 Å². The van der Waals surface area contributed by atoms with Gasteiger partial charge in [-0.3, -0.25) is 0 Å². The molecule has 0 spiro atoms. The van der Waals surface area contributed by atoms with E-state index in [2.05, 4.69) is 40.3 Å². The highest BCUT2D eigenvalue weighted by Gasteiger charge is 2.55. The highest BCUT2D eigenvalue weighted by molar-refractivity contribution is 5.25. The van der Waals surface area contributed by atoms with E-state index in [1.807, 2.05) is 0 Å². The first-order valence-corrected chi connectivity index (χ1v) is 10.8. The molecule has 140 valence electrons. The fraction of sp³-hybridized carbons (Fsp3) is 0.833. The SMILES string of the molecule is C=C1CC[C@H]2[C@@H]3CC=C4C[C@@H](OC(C)C)CC[C@]4(C)[C@H]3CC[C@]2(C)C1. The molecule has 0 radical (unpaired) electrons. The van der Waals surface area contributed by atoms with Gasteiger partial charge in [-0.15, -0.1) is 0 Å². The monoisotopic (exact) mass is 342 g/mol. The molecule has 0 bridgehead atoms. The number of fused-ring (bicyclic) bond motifs is 5. The number of hydrogen-bond acceptors (Lipinski definition) is 1. The van der Waals surface area contributed by atoms with Crippen LogP contribution in [0.5, 0.6) is 0 Å². The smallest absolute Gasteiger partial charge is 0.0616 e. The third kappa shape index (κ3) is 2.95. The van der Waals surface area contributed by atoms with Crippen molar-refractivity contribution in [3.05, 3.63) is 23.8 Å². The number of ether oxygens (including phenoxy) is 1. The zero-order chi connectivity index (χ0) is 17.8. The Kier molecular flexibility index (Phi) is 4.46. The second kappa shape index (κ2) is 6.25. The van der Waals surface area contributed by atoms with Gasteiger partial charge in [-0.25, -0.2) is 0 Å². The van der Waals surface area contributed by atoms with Gasteiger partial charge in [0.2, 0.25) is 0 Å². The van der Waals surface area contributed by atoms with Crippen LogP contribution < -0.4 is 0 Å². The minimum Gasteiger partial charge on any atom is -0.375 e. The third-order valence-electron chi connectivity index (χ3n) is 8.50. The summed E-state index contributed by atoms with van der Waals surface area (Å²) in [5.41, 5.74) is 4.25. The van der Waals surface area contributed by atoms with Gasteiger partial charge in [0, 0.05) is 0 Å². The van der Waals surface area contributed by atoms with E-state index in [0.717, 1.165) is 17.8 Å². The van der Waals surface area contributed by atoms with Crippen LogP contribution in [0.25, 0.3) is 0 Å². The molecule has 0 N–H and O–H groups in total. The fourth-order valence-electron chi connectivity index (χ4n) is 7.32. The zero-order valence-electron chi connectivity index (χ0n) is 16.9. The summed E-state index contributed by atoms with van der Waals surface area (Å²) < 4.78 is 6.18. The molecule has 0 aromatic carbocycles. The zero-order valence-corrected chi connectivity index (χ0v) is 16.9. The molecule has 6 atom stereocenters. The van der Waals surface area contributed by atoms with Crippen molar-refractivity contribution >= 4 is 0 Å². The lowest BCUT2D eigenvalue weighted by Crippen LogP contribution is -2.51. The highest BCUT2D eigenvalue weighted by atomic mass is 16.5. The molecule has 4 aliphatic rings. The van der Waals surface area contributed by atoms with Crippen molar-refractivity contribution in [2.75, 3.05) is 0 Å². The predicted molar refractivity (Wildman–Crippen MR) is 105 cm³/mol. The first-order chi connectivity index (χ1) is 11.8. The van der Waals surface area contributed by atoms with E-state index in [1.54, 1.807) is 5.57 Å². The summed E-state index contributed by atoms with van der Waals surface area (Å²) in [5, 5.41) is 0. The Morgan fingerprint density at radius 1 is 1.12 bits per heavy atom. The van der Waals surface area contributed by atoms with Crippen LogP contribution in [0.2, 0.25) is 0 Å². The molecule has 4 aliphatic carbocycles. The normalized spacial score (nSPS) is 46.9. The van der Waals surface area contributed by atoms with Crippen molar-refractivity contribution in [1.29, 1.82) is 0 Å². The quantitative estimate of drug-likeness (QED) is 0.508. The fourth-order valence-corrected chi connectivity index (χ4v) is 7.32. The van der Waals surface area contributed by atoms with Crippen LogP contribution in [0.1, 0.15) is 85.5 Å². The van der Waals surface area contributed by atoms with Gasteiger partial charge in [-0.2, -0.15) is 0 Å². The van der Waals surface area contributed by atoms with E-state index in [9.17, 15) is 0 Å². The Bertz CT molecular complexity index is 573. The molecule has 0 amide bonds. The lowest BCUT2D eigenvalue weighted by Gasteiger charge is -2.60. The van der Waals surface area contributed by atoms with Crippen LogP contribution in [-0.4, -0.2) is 12.2 Å². The van der Waals surface area contributed by atoms with Gasteiger partial charge >= 0.3 is 0 Å². The molecular formula is C24H38O. The van der Waals surface area contributed by atoms with E-state index in [-0.39, 0.29) is 0 Å². The van der Waals surface area contributed by atoms with Crippen molar-refractivity contribution in [1.82, 2.24) is 0 Å². The summed E-state index contributed by atoms with van der Waals surface area (Å²) in [6.07, 6.45) is 15.4. The average molecular weight is 343 g/mol. The van der Waals surface area contributed by atoms with Crippen LogP contribution in [0.15, 0.2) is 23.8 Å². The lowest BCUT2D eigenvalue weighted by atomic mass is 9.45. The van der Waals surface area contributed by atoms with E-state index in [1.165, 1.54) is 63.4 Å². The summed E-state index contributed by atoms with van der Waals surface area (Å²) in [5.74, 6) is 2.76. The standard InChI is InChI=1S/C24H38O/c1-16(2)25-19-10-13-24(5)18(14-19)7-8-20-21-9-6-17(3)15-23(21,4)12-11-22(20)24/h7,16,19-22H,3,6,8-15H2,1-2,4-5H3/t19-,20-,21-,22-,23+,24-/m0/s1. The number of hydrogen-bond donors (Lipinski definition) is 0. The maximum Gasteiger partial charge on any atom is 0.0616 e. The Labute approximate surface area is 155 Å². The van der Waals surface area contributed by atoms with Gasteiger partial charge in [-0.05, 0) is 100 Å². The summed E-state index contributed by atoms with van der Waals surface area (Å²) in [4.78, 5) is 0. The predicted octanol–water partition coefficient (Wildman–Crippen LogP) is 6.69. The van der Waals surface area contributed by atoms with Crippen LogP contribution in [0.3, 0.4) is 0 Å². The van der Waals surface area contributed by atoms with Crippen LogP contribution in [-0.2, 0) is 4.74 Å². The van der Waals surface area contributed by atoms with Gasteiger partial charge in [-0.1, -0.05) is 37.6 Å². The van der Waals surface area contributed by atoms with Crippen molar-refractivity contribution in [3.63, 3.8) is 0 Å². The molecular weight excluding hydrogens is 304 g/mol. The second-order valence-electron chi connectivity index (χ2n) is 10.5. The van der Waals surface area contributed by atoms with Gasteiger partial charge in [0.05, 0.1) is 12.2 Å². The minimum atomic E-state index is 0.358. The molecule has 1 nitrogen and oxygen atoms in total. The third-order valence-corrected chi connectivity index (χ3v) is 8.50. The Morgan fingerprint density at radius 3 is 2.68 bits per heavy atom. The average Bonchev–Trinajstić information content (AvgIpc) is 2.53. The Hall–Kier alpha value is -0.560. The van der Waals surface area contributed by atoms with E-state index < -0.39 is 0 Å². The molecule has 0 aliphatic heterocycles. The minimum absolute atomic E-state index is 0.358. The molecule has 1 heteroatoms. The summed E-state index contributed by atoms with van der Waals surface area (Å²) in [6.45, 7) is 13.9. The van der Waals surface area contributed by atoms with Gasteiger partial charge < -0.3 is 4.74 Å². The first kappa shape index (κ1) is 17.8. The molecule has 0 unspecified atom stereocenters.